The molecule has 2 aromatic carbocycles. The average molecular weight is 322 g/mol. The lowest BCUT2D eigenvalue weighted by Gasteiger charge is -2.25. The third kappa shape index (κ3) is 3.48. The second kappa shape index (κ2) is 7.30. The minimum atomic E-state index is 0.0910. The lowest BCUT2D eigenvalue weighted by molar-refractivity contribution is 0.0735. The number of oxime groups is 1. The van der Waals surface area contributed by atoms with Gasteiger partial charge in [-0.25, -0.2) is 0 Å². The molecule has 0 spiro atoms. The molecule has 1 amide bonds. The maximum atomic E-state index is 12.9. The van der Waals surface area contributed by atoms with Crippen LogP contribution in [0.15, 0.2) is 53.7 Å². The van der Waals surface area contributed by atoms with Crippen molar-refractivity contribution < 1.29 is 9.63 Å². The molecule has 0 aromatic heterocycles. The van der Waals surface area contributed by atoms with Crippen LogP contribution in [0.4, 0.5) is 0 Å². The van der Waals surface area contributed by atoms with Crippen molar-refractivity contribution in [1.82, 2.24) is 4.90 Å². The first-order valence-electron chi connectivity index (χ1n) is 8.23. The molecule has 0 N–H and O–H groups in total. The number of likely N-dealkylation sites (tertiary alicyclic amines) is 1. The quantitative estimate of drug-likeness (QED) is 0.632. The fourth-order valence-corrected chi connectivity index (χ4v) is 3.14. The fraction of sp³-hybridized carbons (Fsp3) is 0.300. The smallest absolute Gasteiger partial charge is 0.254 e. The highest BCUT2D eigenvalue weighted by molar-refractivity contribution is 5.95. The van der Waals surface area contributed by atoms with E-state index in [4.69, 9.17) is 0 Å². The summed E-state index contributed by atoms with van der Waals surface area (Å²) in [7, 11) is 1.51. The third-order valence-corrected chi connectivity index (χ3v) is 4.44. The lowest BCUT2D eigenvalue weighted by atomic mass is 10.0. The van der Waals surface area contributed by atoms with E-state index in [1.807, 2.05) is 29.2 Å². The molecule has 1 aliphatic heterocycles. The van der Waals surface area contributed by atoms with Crippen LogP contribution < -0.4 is 0 Å². The number of carbonyl (C=O) groups excluding carboxylic acids is 1. The standard InChI is InChI=1S/C20H22N2O2/c1-15-5-9-17(10-6-15)19-4-3-13-22(19)20(23)18-11-7-16(8-12-18)14-21-24-2/h5-12,14,19H,3-4,13H2,1-2H3/b21-14+. The van der Waals surface area contributed by atoms with Gasteiger partial charge < -0.3 is 9.74 Å². The van der Waals surface area contributed by atoms with Gasteiger partial charge in [-0.15, -0.1) is 0 Å². The van der Waals surface area contributed by atoms with Gasteiger partial charge in [0.15, 0.2) is 0 Å². The predicted molar refractivity (Wildman–Crippen MR) is 95.2 cm³/mol. The average Bonchev–Trinajstić information content (AvgIpc) is 3.10. The van der Waals surface area contributed by atoms with E-state index in [9.17, 15) is 4.79 Å². The Labute approximate surface area is 142 Å². The van der Waals surface area contributed by atoms with Gasteiger partial charge in [-0.3, -0.25) is 4.79 Å². The zero-order valence-electron chi connectivity index (χ0n) is 14.1. The summed E-state index contributed by atoms with van der Waals surface area (Å²) >= 11 is 0. The topological polar surface area (TPSA) is 41.9 Å². The summed E-state index contributed by atoms with van der Waals surface area (Å²) in [6.45, 7) is 2.89. The van der Waals surface area contributed by atoms with Gasteiger partial charge in [0, 0.05) is 12.1 Å². The van der Waals surface area contributed by atoms with E-state index in [1.54, 1.807) is 6.21 Å². The number of aryl methyl sites for hydroxylation is 1. The van der Waals surface area contributed by atoms with Crippen molar-refractivity contribution in [2.45, 2.75) is 25.8 Å². The van der Waals surface area contributed by atoms with Crippen molar-refractivity contribution in [2.24, 2.45) is 5.16 Å². The van der Waals surface area contributed by atoms with Gasteiger partial charge in [-0.1, -0.05) is 47.1 Å². The van der Waals surface area contributed by atoms with Crippen LogP contribution in [0.3, 0.4) is 0 Å². The number of hydrogen-bond acceptors (Lipinski definition) is 3. The van der Waals surface area contributed by atoms with Crippen molar-refractivity contribution in [3.05, 3.63) is 70.8 Å². The van der Waals surface area contributed by atoms with Crippen LogP contribution in [0.25, 0.3) is 0 Å². The maximum absolute atomic E-state index is 12.9. The van der Waals surface area contributed by atoms with E-state index in [0.717, 1.165) is 24.9 Å². The van der Waals surface area contributed by atoms with Crippen molar-refractivity contribution in [3.63, 3.8) is 0 Å². The summed E-state index contributed by atoms with van der Waals surface area (Å²) in [5.74, 6) is 0.0910. The van der Waals surface area contributed by atoms with E-state index in [0.29, 0.717) is 5.56 Å². The Kier molecular flexibility index (Phi) is 4.94. The maximum Gasteiger partial charge on any atom is 0.254 e. The van der Waals surface area contributed by atoms with Crippen LogP contribution in [0.2, 0.25) is 0 Å². The lowest BCUT2D eigenvalue weighted by Crippen LogP contribution is -2.30. The summed E-state index contributed by atoms with van der Waals surface area (Å²) in [6, 6.07) is 16.1. The minimum absolute atomic E-state index is 0.0910. The van der Waals surface area contributed by atoms with E-state index in [1.165, 1.54) is 18.2 Å². The number of carbonyl (C=O) groups is 1. The number of rotatable bonds is 4. The molecule has 1 fully saturated rings. The van der Waals surface area contributed by atoms with Crippen LogP contribution in [0.5, 0.6) is 0 Å². The van der Waals surface area contributed by atoms with Gasteiger partial charge in [0.05, 0.1) is 12.3 Å². The highest BCUT2D eigenvalue weighted by Gasteiger charge is 2.30. The van der Waals surface area contributed by atoms with Gasteiger partial charge in [-0.05, 0) is 43.0 Å². The highest BCUT2D eigenvalue weighted by Crippen LogP contribution is 2.33. The summed E-state index contributed by atoms with van der Waals surface area (Å²) in [6.07, 6.45) is 3.69. The molecule has 0 bridgehead atoms. The Morgan fingerprint density at radius 3 is 2.54 bits per heavy atom. The molecule has 0 aliphatic carbocycles. The second-order valence-electron chi connectivity index (χ2n) is 6.11. The molecule has 1 aliphatic rings. The molecule has 124 valence electrons. The molecule has 1 heterocycles. The normalized spacial score (nSPS) is 17.4. The molecule has 0 saturated carbocycles. The Morgan fingerprint density at radius 1 is 1.17 bits per heavy atom. The molecule has 4 nitrogen and oxygen atoms in total. The molecule has 1 saturated heterocycles. The zero-order chi connectivity index (χ0) is 16.9. The Morgan fingerprint density at radius 2 is 1.88 bits per heavy atom. The van der Waals surface area contributed by atoms with Crippen molar-refractivity contribution >= 4 is 12.1 Å². The van der Waals surface area contributed by atoms with E-state index in [-0.39, 0.29) is 11.9 Å². The zero-order valence-corrected chi connectivity index (χ0v) is 14.1. The van der Waals surface area contributed by atoms with E-state index >= 15 is 0 Å². The fourth-order valence-electron chi connectivity index (χ4n) is 3.14. The minimum Gasteiger partial charge on any atom is -0.399 e. The number of hydrogen-bond donors (Lipinski definition) is 0. The molecule has 1 atom stereocenters. The van der Waals surface area contributed by atoms with E-state index in [2.05, 4.69) is 41.2 Å². The molecule has 3 rings (SSSR count). The summed E-state index contributed by atoms with van der Waals surface area (Å²) in [5, 5.41) is 3.73. The molecule has 4 heteroatoms. The Bertz CT molecular complexity index is 720. The first-order valence-corrected chi connectivity index (χ1v) is 8.23. The van der Waals surface area contributed by atoms with Crippen LogP contribution in [-0.2, 0) is 4.84 Å². The number of amides is 1. The summed E-state index contributed by atoms with van der Waals surface area (Å²) in [4.78, 5) is 19.5. The molecule has 1 unspecified atom stereocenters. The van der Waals surface area contributed by atoms with Gasteiger partial charge in [0.1, 0.15) is 7.11 Å². The molecular formula is C20H22N2O2. The third-order valence-electron chi connectivity index (χ3n) is 4.44. The van der Waals surface area contributed by atoms with Crippen molar-refractivity contribution in [1.29, 1.82) is 0 Å². The van der Waals surface area contributed by atoms with Gasteiger partial charge in [0.2, 0.25) is 0 Å². The van der Waals surface area contributed by atoms with Crippen LogP contribution in [0, 0.1) is 6.92 Å². The predicted octanol–water partition coefficient (Wildman–Crippen LogP) is 3.95. The first-order chi connectivity index (χ1) is 11.7. The molecular weight excluding hydrogens is 300 g/mol. The summed E-state index contributed by atoms with van der Waals surface area (Å²) < 4.78 is 0. The molecule has 2 aromatic rings. The second-order valence-corrected chi connectivity index (χ2v) is 6.11. The molecule has 0 radical (unpaired) electrons. The van der Waals surface area contributed by atoms with Crippen LogP contribution in [0.1, 0.15) is 45.9 Å². The van der Waals surface area contributed by atoms with Gasteiger partial charge in [0.25, 0.3) is 5.91 Å². The van der Waals surface area contributed by atoms with Gasteiger partial charge >= 0.3 is 0 Å². The van der Waals surface area contributed by atoms with Crippen LogP contribution >= 0.6 is 0 Å². The Balaban J connectivity index is 1.78. The van der Waals surface area contributed by atoms with Crippen molar-refractivity contribution in [3.8, 4) is 0 Å². The number of benzene rings is 2. The van der Waals surface area contributed by atoms with Gasteiger partial charge in [-0.2, -0.15) is 0 Å². The van der Waals surface area contributed by atoms with E-state index < -0.39 is 0 Å². The first kappa shape index (κ1) is 16.2. The van der Waals surface area contributed by atoms with Crippen LogP contribution in [-0.4, -0.2) is 30.7 Å². The van der Waals surface area contributed by atoms with Crippen molar-refractivity contribution in [2.75, 3.05) is 13.7 Å². The monoisotopic (exact) mass is 322 g/mol. The molecule has 24 heavy (non-hydrogen) atoms. The number of nitrogens with zero attached hydrogens (tertiary/aromatic N) is 2. The Hall–Kier alpha value is -2.62. The summed E-state index contributed by atoms with van der Waals surface area (Å²) in [5.41, 5.74) is 4.08. The largest absolute Gasteiger partial charge is 0.399 e. The SMILES string of the molecule is CO/N=C/c1ccc(C(=O)N2CCCC2c2ccc(C)cc2)cc1. The highest BCUT2D eigenvalue weighted by atomic mass is 16.6.